The first-order valence-corrected chi connectivity index (χ1v) is 6.31. The number of nitrogens with zero attached hydrogens (tertiary/aromatic N) is 1. The van der Waals surface area contributed by atoms with Crippen LogP contribution in [0, 0.1) is 0 Å². The maximum Gasteiger partial charge on any atom is 0.257 e. The number of rotatable bonds is 5. The average Bonchev–Trinajstić information content (AvgIpc) is 2.47. The molecule has 1 aromatic carbocycles. The van der Waals surface area contributed by atoms with E-state index in [1.165, 1.54) is 0 Å². The van der Waals surface area contributed by atoms with Crippen molar-refractivity contribution in [3.8, 4) is 0 Å². The third-order valence-corrected chi connectivity index (χ3v) is 2.75. The minimum atomic E-state index is -0.142. The van der Waals surface area contributed by atoms with Gasteiger partial charge in [-0.05, 0) is 30.3 Å². The number of para-hydroxylation sites is 1. The minimum Gasteiger partial charge on any atom is -0.322 e. The standard InChI is InChI=1S/C15H17N3O/c1-2-16-10-12-6-3-4-8-14(12)18-15(19)13-7-5-9-17-11-13/h3-9,11,16H,2,10H2,1H3,(H,18,19). The molecule has 4 nitrogen and oxygen atoms in total. The first-order valence-electron chi connectivity index (χ1n) is 6.31. The van der Waals surface area contributed by atoms with Gasteiger partial charge in [0.2, 0.25) is 0 Å². The molecule has 0 saturated carbocycles. The Hall–Kier alpha value is -2.20. The molecule has 0 fully saturated rings. The molecule has 0 bridgehead atoms. The van der Waals surface area contributed by atoms with Gasteiger partial charge in [-0.1, -0.05) is 25.1 Å². The van der Waals surface area contributed by atoms with Crippen molar-refractivity contribution in [3.05, 3.63) is 59.9 Å². The maximum absolute atomic E-state index is 12.1. The Bertz CT molecular complexity index is 540. The highest BCUT2D eigenvalue weighted by molar-refractivity contribution is 6.04. The first-order chi connectivity index (χ1) is 9.31. The molecule has 1 amide bonds. The van der Waals surface area contributed by atoms with Crippen molar-refractivity contribution in [1.82, 2.24) is 10.3 Å². The predicted octanol–water partition coefficient (Wildman–Crippen LogP) is 2.44. The number of pyridine rings is 1. The highest BCUT2D eigenvalue weighted by Gasteiger charge is 2.08. The van der Waals surface area contributed by atoms with E-state index in [4.69, 9.17) is 0 Å². The van der Waals surface area contributed by atoms with Gasteiger partial charge in [0, 0.05) is 24.6 Å². The summed E-state index contributed by atoms with van der Waals surface area (Å²) in [4.78, 5) is 16.0. The van der Waals surface area contributed by atoms with Gasteiger partial charge in [0.05, 0.1) is 5.56 Å². The normalized spacial score (nSPS) is 10.2. The monoisotopic (exact) mass is 255 g/mol. The van der Waals surface area contributed by atoms with Crippen LogP contribution in [0.3, 0.4) is 0 Å². The molecule has 0 unspecified atom stereocenters. The minimum absolute atomic E-state index is 0.142. The molecule has 1 aromatic heterocycles. The lowest BCUT2D eigenvalue weighted by molar-refractivity contribution is 0.102. The smallest absolute Gasteiger partial charge is 0.257 e. The Morgan fingerprint density at radius 2 is 2.05 bits per heavy atom. The van der Waals surface area contributed by atoms with Crippen LogP contribution in [0.2, 0.25) is 0 Å². The lowest BCUT2D eigenvalue weighted by Crippen LogP contribution is -2.17. The molecule has 2 rings (SSSR count). The predicted molar refractivity (Wildman–Crippen MR) is 76.0 cm³/mol. The van der Waals surface area contributed by atoms with E-state index >= 15 is 0 Å². The second-order valence-corrected chi connectivity index (χ2v) is 4.13. The van der Waals surface area contributed by atoms with Crippen molar-refractivity contribution < 1.29 is 4.79 Å². The van der Waals surface area contributed by atoms with E-state index in [2.05, 4.69) is 22.5 Å². The molecule has 0 saturated heterocycles. The van der Waals surface area contributed by atoms with Gasteiger partial charge in [0.1, 0.15) is 0 Å². The maximum atomic E-state index is 12.1. The number of benzene rings is 1. The lowest BCUT2D eigenvalue weighted by Gasteiger charge is -2.11. The number of aromatic nitrogens is 1. The van der Waals surface area contributed by atoms with Crippen LogP contribution in [-0.2, 0) is 6.54 Å². The van der Waals surface area contributed by atoms with Crippen molar-refractivity contribution in [1.29, 1.82) is 0 Å². The zero-order chi connectivity index (χ0) is 13.5. The largest absolute Gasteiger partial charge is 0.322 e. The Balaban J connectivity index is 2.12. The summed E-state index contributed by atoms with van der Waals surface area (Å²) in [5.74, 6) is -0.142. The van der Waals surface area contributed by atoms with Crippen LogP contribution in [0.1, 0.15) is 22.8 Å². The van der Waals surface area contributed by atoms with Crippen molar-refractivity contribution in [2.75, 3.05) is 11.9 Å². The van der Waals surface area contributed by atoms with Gasteiger partial charge in [-0.25, -0.2) is 0 Å². The van der Waals surface area contributed by atoms with E-state index in [-0.39, 0.29) is 5.91 Å². The molecule has 0 aliphatic carbocycles. The molecule has 0 spiro atoms. The molecule has 98 valence electrons. The van der Waals surface area contributed by atoms with Crippen LogP contribution in [0.4, 0.5) is 5.69 Å². The Labute approximate surface area is 112 Å². The fourth-order valence-corrected chi connectivity index (χ4v) is 1.75. The number of hydrogen-bond donors (Lipinski definition) is 2. The molecule has 2 N–H and O–H groups in total. The Morgan fingerprint density at radius 3 is 2.79 bits per heavy atom. The van der Waals surface area contributed by atoms with Gasteiger partial charge in [0.25, 0.3) is 5.91 Å². The lowest BCUT2D eigenvalue weighted by atomic mass is 10.1. The Kier molecular flexibility index (Phi) is 4.64. The molecule has 0 atom stereocenters. The number of anilines is 1. The summed E-state index contributed by atoms with van der Waals surface area (Å²) < 4.78 is 0. The molecular weight excluding hydrogens is 238 g/mol. The molecule has 19 heavy (non-hydrogen) atoms. The van der Waals surface area contributed by atoms with Gasteiger partial charge >= 0.3 is 0 Å². The van der Waals surface area contributed by atoms with Gasteiger partial charge in [-0.3, -0.25) is 9.78 Å². The van der Waals surface area contributed by atoms with E-state index in [1.807, 2.05) is 24.3 Å². The van der Waals surface area contributed by atoms with Crippen LogP contribution in [0.15, 0.2) is 48.8 Å². The van der Waals surface area contributed by atoms with Crippen LogP contribution in [0.5, 0.6) is 0 Å². The summed E-state index contributed by atoms with van der Waals surface area (Å²) in [6, 6.07) is 11.3. The van der Waals surface area contributed by atoms with Gasteiger partial charge in [0.15, 0.2) is 0 Å². The molecule has 0 aliphatic rings. The molecule has 1 heterocycles. The van der Waals surface area contributed by atoms with Crippen LogP contribution in [0.25, 0.3) is 0 Å². The zero-order valence-corrected chi connectivity index (χ0v) is 10.9. The van der Waals surface area contributed by atoms with Gasteiger partial charge in [-0.2, -0.15) is 0 Å². The summed E-state index contributed by atoms with van der Waals surface area (Å²) in [5, 5.41) is 6.17. The number of amides is 1. The van der Waals surface area contributed by atoms with Crippen molar-refractivity contribution in [2.24, 2.45) is 0 Å². The Morgan fingerprint density at radius 1 is 1.21 bits per heavy atom. The third-order valence-electron chi connectivity index (χ3n) is 2.75. The summed E-state index contributed by atoms with van der Waals surface area (Å²) in [5.41, 5.74) is 2.46. The topological polar surface area (TPSA) is 54.0 Å². The highest BCUT2D eigenvalue weighted by Crippen LogP contribution is 2.15. The average molecular weight is 255 g/mol. The summed E-state index contributed by atoms with van der Waals surface area (Å²) >= 11 is 0. The van der Waals surface area contributed by atoms with Crippen molar-refractivity contribution in [2.45, 2.75) is 13.5 Å². The quantitative estimate of drug-likeness (QED) is 0.862. The van der Waals surface area contributed by atoms with Crippen LogP contribution in [-0.4, -0.2) is 17.4 Å². The SMILES string of the molecule is CCNCc1ccccc1NC(=O)c1cccnc1. The molecule has 2 aromatic rings. The van der Waals surface area contributed by atoms with Gasteiger partial charge in [-0.15, -0.1) is 0 Å². The summed E-state index contributed by atoms with van der Waals surface area (Å²) in [7, 11) is 0. The first kappa shape index (κ1) is 13.2. The van der Waals surface area contributed by atoms with Crippen molar-refractivity contribution >= 4 is 11.6 Å². The second kappa shape index (κ2) is 6.66. The summed E-state index contributed by atoms with van der Waals surface area (Å²) in [6.45, 7) is 3.68. The molecular formula is C15H17N3O. The van der Waals surface area contributed by atoms with E-state index in [0.29, 0.717) is 5.56 Å². The van der Waals surface area contributed by atoms with Gasteiger partial charge < -0.3 is 10.6 Å². The van der Waals surface area contributed by atoms with Crippen LogP contribution >= 0.6 is 0 Å². The number of carbonyl (C=O) groups is 1. The van der Waals surface area contributed by atoms with E-state index in [1.54, 1.807) is 24.5 Å². The number of nitrogens with one attached hydrogen (secondary N) is 2. The van der Waals surface area contributed by atoms with Crippen molar-refractivity contribution in [3.63, 3.8) is 0 Å². The zero-order valence-electron chi connectivity index (χ0n) is 10.9. The molecule has 0 radical (unpaired) electrons. The van der Waals surface area contributed by atoms with Crippen LogP contribution < -0.4 is 10.6 Å². The van der Waals surface area contributed by atoms with E-state index in [9.17, 15) is 4.79 Å². The fraction of sp³-hybridized carbons (Fsp3) is 0.200. The second-order valence-electron chi connectivity index (χ2n) is 4.13. The molecule has 4 heteroatoms. The van der Waals surface area contributed by atoms with E-state index in [0.717, 1.165) is 24.3 Å². The number of carbonyl (C=O) groups excluding carboxylic acids is 1. The fourth-order valence-electron chi connectivity index (χ4n) is 1.75. The van der Waals surface area contributed by atoms with E-state index < -0.39 is 0 Å². The summed E-state index contributed by atoms with van der Waals surface area (Å²) in [6.07, 6.45) is 3.21. The highest BCUT2D eigenvalue weighted by atomic mass is 16.1. The third kappa shape index (κ3) is 3.63. The molecule has 0 aliphatic heterocycles. The number of hydrogen-bond acceptors (Lipinski definition) is 3.